The quantitative estimate of drug-likeness (QED) is 0.595. The van der Waals surface area contributed by atoms with E-state index in [-0.39, 0.29) is 12.2 Å². The minimum Gasteiger partial charge on any atom is -0.446 e. The summed E-state index contributed by atoms with van der Waals surface area (Å²) in [5.41, 5.74) is 9.09. The summed E-state index contributed by atoms with van der Waals surface area (Å²) >= 11 is 4.41. The zero-order valence-corrected chi connectivity index (χ0v) is 16.7. The lowest BCUT2D eigenvalue weighted by Crippen LogP contribution is -2.44. The van der Waals surface area contributed by atoms with Crippen molar-refractivity contribution in [1.82, 2.24) is 4.98 Å². The Morgan fingerprint density at radius 1 is 1.25 bits per heavy atom. The Morgan fingerprint density at radius 3 is 2.79 bits per heavy atom. The van der Waals surface area contributed by atoms with Gasteiger partial charge in [0.2, 0.25) is 0 Å². The fraction of sp³-hybridized carbons (Fsp3) is 0.400. The van der Waals surface area contributed by atoms with Gasteiger partial charge in [-0.15, -0.1) is 12.6 Å². The Labute approximate surface area is 169 Å². The average Bonchev–Trinajstić information content (AvgIpc) is 2.71. The molecule has 1 amide bonds. The van der Waals surface area contributed by atoms with Crippen molar-refractivity contribution in [3.63, 3.8) is 0 Å². The van der Waals surface area contributed by atoms with Gasteiger partial charge in [0.05, 0.1) is 18.9 Å². The summed E-state index contributed by atoms with van der Waals surface area (Å²) < 4.78 is 11.1. The Balaban J connectivity index is 1.64. The van der Waals surface area contributed by atoms with Crippen molar-refractivity contribution >= 4 is 35.9 Å². The van der Waals surface area contributed by atoms with E-state index in [0.29, 0.717) is 36.9 Å². The highest BCUT2D eigenvalue weighted by molar-refractivity contribution is 7.80. The number of pyridine rings is 1. The highest BCUT2D eigenvalue weighted by atomic mass is 32.1. The number of hydrogen-bond acceptors (Lipinski definition) is 7. The van der Waals surface area contributed by atoms with E-state index in [4.69, 9.17) is 15.2 Å². The molecular weight excluding hydrogens is 376 g/mol. The number of nitrogen functional groups attached to an aromatic ring is 1. The first-order valence-electron chi connectivity index (χ1n) is 9.39. The van der Waals surface area contributed by atoms with Crippen LogP contribution in [0, 0.1) is 0 Å². The van der Waals surface area contributed by atoms with Gasteiger partial charge in [0.1, 0.15) is 6.10 Å². The van der Waals surface area contributed by atoms with Crippen LogP contribution in [0.1, 0.15) is 12.8 Å². The predicted octanol–water partition coefficient (Wildman–Crippen LogP) is 3.19. The first-order chi connectivity index (χ1) is 13.5. The topological polar surface area (TPSA) is 80.9 Å². The molecule has 0 atom stereocenters. The van der Waals surface area contributed by atoms with E-state index in [9.17, 15) is 4.79 Å². The molecular formula is C20H24N4O3S. The second-order valence-electron chi connectivity index (χ2n) is 7.11. The number of carbonyl (C=O) groups excluding carboxylic acids is 1. The van der Waals surface area contributed by atoms with Gasteiger partial charge in [0.15, 0.2) is 5.82 Å². The number of rotatable bonds is 2. The number of anilines is 3. The number of nitrogens with zero attached hydrogens (tertiary/aromatic N) is 3. The molecule has 0 saturated carbocycles. The lowest BCUT2D eigenvalue weighted by molar-refractivity contribution is 0.00379. The maximum atomic E-state index is 12.9. The number of aromatic nitrogens is 1. The lowest BCUT2D eigenvalue weighted by atomic mass is 10.1. The van der Waals surface area contributed by atoms with Crippen molar-refractivity contribution in [2.45, 2.75) is 23.8 Å². The van der Waals surface area contributed by atoms with Crippen LogP contribution in [0.2, 0.25) is 0 Å². The zero-order chi connectivity index (χ0) is 19.7. The average molecular weight is 401 g/mol. The van der Waals surface area contributed by atoms with Crippen LogP contribution in [-0.4, -0.2) is 50.5 Å². The van der Waals surface area contributed by atoms with Crippen molar-refractivity contribution in [3.05, 3.63) is 30.5 Å². The second-order valence-corrected chi connectivity index (χ2v) is 7.59. The van der Waals surface area contributed by atoms with Crippen molar-refractivity contribution in [2.75, 3.05) is 48.9 Å². The Bertz CT molecular complexity index is 886. The molecule has 2 N–H and O–H groups in total. The summed E-state index contributed by atoms with van der Waals surface area (Å²) in [6, 6.07) is 7.62. The molecule has 0 unspecified atom stereocenters. The second kappa shape index (κ2) is 7.89. The molecule has 7 nitrogen and oxygen atoms in total. The van der Waals surface area contributed by atoms with Gasteiger partial charge < -0.3 is 20.1 Å². The van der Waals surface area contributed by atoms with E-state index >= 15 is 0 Å². The van der Waals surface area contributed by atoms with Crippen LogP contribution < -0.4 is 15.5 Å². The van der Waals surface area contributed by atoms with Crippen LogP contribution in [0.25, 0.3) is 11.1 Å². The Kier molecular flexibility index (Phi) is 5.32. The van der Waals surface area contributed by atoms with E-state index in [1.807, 2.05) is 36.2 Å². The first kappa shape index (κ1) is 18.9. The minimum atomic E-state index is -0.326. The molecule has 0 bridgehead atoms. The molecule has 2 aliphatic heterocycles. The van der Waals surface area contributed by atoms with Gasteiger partial charge >= 0.3 is 6.09 Å². The molecule has 0 spiro atoms. The molecule has 1 saturated heterocycles. The van der Waals surface area contributed by atoms with Gasteiger partial charge in [-0.1, -0.05) is 6.07 Å². The number of thiol groups is 1. The SMILES string of the molecule is CN1CCN(C(=O)OC2CCOCC2)c2cc(-c3ccc(N)c(S)c3)cnc21. The van der Waals surface area contributed by atoms with Crippen molar-refractivity contribution < 1.29 is 14.3 Å². The highest BCUT2D eigenvalue weighted by Gasteiger charge is 2.30. The first-order valence-corrected chi connectivity index (χ1v) is 9.83. The van der Waals surface area contributed by atoms with Crippen LogP contribution >= 0.6 is 12.6 Å². The molecule has 3 heterocycles. The van der Waals surface area contributed by atoms with E-state index in [1.54, 1.807) is 11.1 Å². The Morgan fingerprint density at radius 2 is 2.04 bits per heavy atom. The number of ether oxygens (including phenoxy) is 2. The maximum absolute atomic E-state index is 12.9. The van der Waals surface area contributed by atoms with Crippen LogP contribution in [0.5, 0.6) is 0 Å². The van der Waals surface area contributed by atoms with E-state index in [0.717, 1.165) is 35.5 Å². The van der Waals surface area contributed by atoms with Gasteiger partial charge in [-0.05, 0) is 23.8 Å². The number of hydrogen-bond donors (Lipinski definition) is 2. The van der Waals surface area contributed by atoms with Crippen LogP contribution in [0.15, 0.2) is 35.4 Å². The van der Waals surface area contributed by atoms with Crippen LogP contribution in [0.4, 0.5) is 22.0 Å². The summed E-state index contributed by atoms with van der Waals surface area (Å²) in [7, 11) is 1.97. The van der Waals surface area contributed by atoms with Crippen molar-refractivity contribution in [3.8, 4) is 11.1 Å². The minimum absolute atomic E-state index is 0.0932. The third kappa shape index (κ3) is 3.74. The number of benzene rings is 1. The van der Waals surface area contributed by atoms with Crippen LogP contribution in [-0.2, 0) is 9.47 Å². The summed E-state index contributed by atoms with van der Waals surface area (Å²) in [6.45, 7) is 2.51. The molecule has 1 aromatic heterocycles. The number of amides is 1. The molecule has 2 aliphatic rings. The predicted molar refractivity (Wildman–Crippen MR) is 112 cm³/mol. The fourth-order valence-corrected chi connectivity index (χ4v) is 3.70. The standard InChI is InChI=1S/C20H24N4O3S/c1-23-6-7-24(20(25)27-15-4-8-26-9-5-15)17-10-14(12-22-19(17)23)13-2-3-16(21)18(28)11-13/h2-3,10-12,15,28H,4-9,21H2,1H3. The lowest BCUT2D eigenvalue weighted by Gasteiger charge is -2.35. The summed E-state index contributed by atoms with van der Waals surface area (Å²) in [4.78, 5) is 21.9. The van der Waals surface area contributed by atoms with Gasteiger partial charge in [-0.3, -0.25) is 4.90 Å². The normalized spacial score (nSPS) is 17.4. The van der Waals surface area contributed by atoms with E-state index in [1.165, 1.54) is 0 Å². The van der Waals surface area contributed by atoms with Gasteiger partial charge in [0, 0.05) is 55.3 Å². The summed E-state index contributed by atoms with van der Waals surface area (Å²) in [5.74, 6) is 0.764. The molecule has 0 radical (unpaired) electrons. The smallest absolute Gasteiger partial charge is 0.414 e. The summed E-state index contributed by atoms with van der Waals surface area (Å²) in [5, 5.41) is 0. The molecule has 2 aromatic rings. The fourth-order valence-electron chi connectivity index (χ4n) is 3.49. The molecule has 148 valence electrons. The molecule has 4 rings (SSSR count). The van der Waals surface area contributed by atoms with Gasteiger partial charge in [-0.2, -0.15) is 0 Å². The number of nitrogens with two attached hydrogens (primary N) is 1. The van der Waals surface area contributed by atoms with E-state index in [2.05, 4.69) is 17.6 Å². The number of carbonyl (C=O) groups is 1. The third-order valence-electron chi connectivity index (χ3n) is 5.18. The zero-order valence-electron chi connectivity index (χ0n) is 15.8. The van der Waals surface area contributed by atoms with Gasteiger partial charge in [-0.25, -0.2) is 9.78 Å². The van der Waals surface area contributed by atoms with Crippen molar-refractivity contribution in [1.29, 1.82) is 0 Å². The maximum Gasteiger partial charge on any atom is 0.414 e. The Hall–Kier alpha value is -2.45. The largest absolute Gasteiger partial charge is 0.446 e. The van der Waals surface area contributed by atoms with Crippen molar-refractivity contribution in [2.24, 2.45) is 0 Å². The highest BCUT2D eigenvalue weighted by Crippen LogP contribution is 2.35. The third-order valence-corrected chi connectivity index (χ3v) is 5.57. The monoisotopic (exact) mass is 400 g/mol. The van der Waals surface area contributed by atoms with E-state index < -0.39 is 0 Å². The van der Waals surface area contributed by atoms with Gasteiger partial charge in [0.25, 0.3) is 0 Å². The molecule has 0 aliphatic carbocycles. The number of fused-ring (bicyclic) bond motifs is 1. The molecule has 1 aromatic carbocycles. The molecule has 28 heavy (non-hydrogen) atoms. The molecule has 1 fully saturated rings. The summed E-state index contributed by atoms with van der Waals surface area (Å²) in [6.07, 6.45) is 2.86. The molecule has 8 heteroatoms. The van der Waals surface area contributed by atoms with Crippen LogP contribution in [0.3, 0.4) is 0 Å². The number of likely N-dealkylation sites (N-methyl/N-ethyl adjacent to an activating group) is 1.